The topological polar surface area (TPSA) is 41.5 Å². The Hall–Kier alpha value is -0.120. The predicted octanol–water partition coefficient (Wildman–Crippen LogP) is 3.11. The standard InChI is InChI=1S/C16H33NO2/c1-13(2)17-16(5,12-18)10-11-19-14-6-8-15(3,4)9-7-14/h13-14,17-18H,6-12H2,1-5H3. The largest absolute Gasteiger partial charge is 0.394 e. The quantitative estimate of drug-likeness (QED) is 0.747. The summed E-state index contributed by atoms with van der Waals surface area (Å²) in [5, 5.41) is 12.9. The smallest absolute Gasteiger partial charge is 0.0611 e. The fourth-order valence-electron chi connectivity index (χ4n) is 2.88. The predicted molar refractivity (Wildman–Crippen MR) is 80.4 cm³/mol. The van der Waals surface area contributed by atoms with E-state index in [9.17, 15) is 5.11 Å². The van der Waals surface area contributed by atoms with Crippen LogP contribution in [0.2, 0.25) is 0 Å². The van der Waals surface area contributed by atoms with E-state index in [2.05, 4.69) is 39.9 Å². The monoisotopic (exact) mass is 271 g/mol. The van der Waals surface area contributed by atoms with Gasteiger partial charge in [-0.05, 0) is 44.4 Å². The van der Waals surface area contributed by atoms with Crippen molar-refractivity contribution in [3.8, 4) is 0 Å². The van der Waals surface area contributed by atoms with E-state index in [0.717, 1.165) is 13.0 Å². The molecule has 1 atom stereocenters. The maximum atomic E-state index is 9.52. The van der Waals surface area contributed by atoms with Crippen LogP contribution >= 0.6 is 0 Å². The Bertz CT molecular complexity index is 255. The van der Waals surface area contributed by atoms with Crippen molar-refractivity contribution >= 4 is 0 Å². The molecule has 1 saturated carbocycles. The van der Waals surface area contributed by atoms with Gasteiger partial charge < -0.3 is 15.2 Å². The second kappa shape index (κ2) is 7.05. The highest BCUT2D eigenvalue weighted by Gasteiger charge is 2.28. The van der Waals surface area contributed by atoms with Gasteiger partial charge in [0.15, 0.2) is 0 Å². The summed E-state index contributed by atoms with van der Waals surface area (Å²) in [7, 11) is 0. The second-order valence-corrected chi connectivity index (χ2v) is 7.50. The highest BCUT2D eigenvalue weighted by molar-refractivity contribution is 4.84. The van der Waals surface area contributed by atoms with Gasteiger partial charge in [-0.25, -0.2) is 0 Å². The van der Waals surface area contributed by atoms with Gasteiger partial charge in [0.2, 0.25) is 0 Å². The van der Waals surface area contributed by atoms with Crippen molar-refractivity contribution in [1.82, 2.24) is 5.32 Å². The van der Waals surface area contributed by atoms with Gasteiger partial charge in [0, 0.05) is 18.2 Å². The van der Waals surface area contributed by atoms with Crippen molar-refractivity contribution in [3.63, 3.8) is 0 Å². The van der Waals surface area contributed by atoms with Crippen molar-refractivity contribution < 1.29 is 9.84 Å². The molecule has 0 amide bonds. The van der Waals surface area contributed by atoms with Crippen molar-refractivity contribution in [1.29, 1.82) is 0 Å². The van der Waals surface area contributed by atoms with E-state index in [4.69, 9.17) is 4.74 Å². The molecule has 0 saturated heterocycles. The molecule has 0 aromatic heterocycles. The van der Waals surface area contributed by atoms with Crippen molar-refractivity contribution in [2.75, 3.05) is 13.2 Å². The summed E-state index contributed by atoms with van der Waals surface area (Å²) in [6, 6.07) is 0.382. The molecule has 2 N–H and O–H groups in total. The Balaban J connectivity index is 2.26. The molecule has 0 aromatic carbocycles. The molecule has 0 spiro atoms. The fourth-order valence-corrected chi connectivity index (χ4v) is 2.88. The van der Waals surface area contributed by atoms with Gasteiger partial charge in [0.1, 0.15) is 0 Å². The highest BCUT2D eigenvalue weighted by atomic mass is 16.5. The van der Waals surface area contributed by atoms with E-state index < -0.39 is 0 Å². The summed E-state index contributed by atoms with van der Waals surface area (Å²) in [4.78, 5) is 0. The normalized spacial score (nSPS) is 23.5. The van der Waals surface area contributed by atoms with Crippen LogP contribution in [-0.2, 0) is 4.74 Å². The number of aliphatic hydroxyl groups excluding tert-OH is 1. The van der Waals surface area contributed by atoms with Crippen LogP contribution in [0.1, 0.15) is 66.7 Å². The maximum Gasteiger partial charge on any atom is 0.0611 e. The number of hydrogen-bond donors (Lipinski definition) is 2. The Morgan fingerprint density at radius 3 is 2.37 bits per heavy atom. The van der Waals surface area contributed by atoms with Gasteiger partial charge in [0.25, 0.3) is 0 Å². The second-order valence-electron chi connectivity index (χ2n) is 7.50. The third kappa shape index (κ3) is 6.24. The molecule has 0 bridgehead atoms. The minimum atomic E-state index is -0.220. The summed E-state index contributed by atoms with van der Waals surface area (Å²) in [5.41, 5.74) is 0.279. The van der Waals surface area contributed by atoms with Crippen LogP contribution in [0.3, 0.4) is 0 Å². The molecule has 0 heterocycles. The molecule has 1 unspecified atom stereocenters. The van der Waals surface area contributed by atoms with Crippen LogP contribution in [-0.4, -0.2) is 36.0 Å². The van der Waals surface area contributed by atoms with Gasteiger partial charge in [-0.15, -0.1) is 0 Å². The van der Waals surface area contributed by atoms with Crippen molar-refractivity contribution in [3.05, 3.63) is 0 Å². The lowest BCUT2D eigenvalue weighted by molar-refractivity contribution is -0.00881. The molecule has 1 fully saturated rings. The number of hydrogen-bond acceptors (Lipinski definition) is 3. The van der Waals surface area contributed by atoms with E-state index in [1.165, 1.54) is 25.7 Å². The average Bonchev–Trinajstić information content (AvgIpc) is 2.30. The molecule has 19 heavy (non-hydrogen) atoms. The third-order valence-corrected chi connectivity index (χ3v) is 4.28. The Morgan fingerprint density at radius 2 is 1.89 bits per heavy atom. The molecule has 1 rings (SSSR count). The van der Waals surface area contributed by atoms with Crippen LogP contribution in [0.4, 0.5) is 0 Å². The zero-order valence-corrected chi connectivity index (χ0v) is 13.5. The summed E-state index contributed by atoms with van der Waals surface area (Å²) in [6.07, 6.45) is 6.18. The minimum Gasteiger partial charge on any atom is -0.394 e. The minimum absolute atomic E-state index is 0.159. The maximum absolute atomic E-state index is 9.52. The molecule has 0 aromatic rings. The van der Waals surface area contributed by atoms with E-state index in [-0.39, 0.29) is 12.1 Å². The summed E-state index contributed by atoms with van der Waals surface area (Å²) < 4.78 is 6.00. The fraction of sp³-hybridized carbons (Fsp3) is 1.00. The van der Waals surface area contributed by atoms with Crippen LogP contribution in [0.5, 0.6) is 0 Å². The number of ether oxygens (including phenoxy) is 1. The van der Waals surface area contributed by atoms with Gasteiger partial charge in [-0.1, -0.05) is 27.7 Å². The molecule has 0 aliphatic heterocycles. The van der Waals surface area contributed by atoms with Gasteiger partial charge in [-0.3, -0.25) is 0 Å². The molecule has 3 heteroatoms. The summed E-state index contributed by atoms with van der Waals surface area (Å²) in [5.74, 6) is 0. The Morgan fingerprint density at radius 1 is 1.32 bits per heavy atom. The van der Waals surface area contributed by atoms with E-state index in [1.54, 1.807) is 0 Å². The third-order valence-electron chi connectivity index (χ3n) is 4.28. The summed E-state index contributed by atoms with van der Waals surface area (Å²) >= 11 is 0. The molecular formula is C16H33NO2. The molecule has 1 aliphatic rings. The molecular weight excluding hydrogens is 238 g/mol. The van der Waals surface area contributed by atoms with E-state index >= 15 is 0 Å². The number of rotatable bonds is 7. The average molecular weight is 271 g/mol. The zero-order chi connectivity index (χ0) is 14.5. The van der Waals surface area contributed by atoms with Gasteiger partial charge in [-0.2, -0.15) is 0 Å². The van der Waals surface area contributed by atoms with Crippen LogP contribution in [0.15, 0.2) is 0 Å². The lowest BCUT2D eigenvalue weighted by Crippen LogP contribution is -2.50. The lowest BCUT2D eigenvalue weighted by atomic mass is 9.76. The molecule has 3 nitrogen and oxygen atoms in total. The summed E-state index contributed by atoms with van der Waals surface area (Å²) in [6.45, 7) is 11.9. The lowest BCUT2D eigenvalue weighted by Gasteiger charge is -2.35. The van der Waals surface area contributed by atoms with E-state index in [0.29, 0.717) is 17.6 Å². The highest BCUT2D eigenvalue weighted by Crippen LogP contribution is 2.36. The van der Waals surface area contributed by atoms with E-state index in [1.807, 2.05) is 0 Å². The van der Waals surface area contributed by atoms with Gasteiger partial charge >= 0.3 is 0 Å². The zero-order valence-electron chi connectivity index (χ0n) is 13.5. The first-order valence-electron chi connectivity index (χ1n) is 7.76. The molecule has 114 valence electrons. The van der Waals surface area contributed by atoms with Crippen LogP contribution < -0.4 is 5.32 Å². The van der Waals surface area contributed by atoms with Crippen LogP contribution in [0.25, 0.3) is 0 Å². The number of nitrogens with one attached hydrogen (secondary N) is 1. The Labute approximate surface area is 119 Å². The molecule has 0 radical (unpaired) electrons. The van der Waals surface area contributed by atoms with Gasteiger partial charge in [0.05, 0.1) is 12.7 Å². The first kappa shape index (κ1) is 16.9. The first-order chi connectivity index (χ1) is 8.76. The van der Waals surface area contributed by atoms with Crippen molar-refractivity contribution in [2.24, 2.45) is 5.41 Å². The Kier molecular flexibility index (Phi) is 6.28. The SMILES string of the molecule is CC(C)NC(C)(CO)CCOC1CCC(C)(C)CC1. The van der Waals surface area contributed by atoms with Crippen LogP contribution in [0, 0.1) is 5.41 Å². The first-order valence-corrected chi connectivity index (χ1v) is 7.76. The van der Waals surface area contributed by atoms with Crippen molar-refractivity contribution in [2.45, 2.75) is 84.4 Å². The molecule has 1 aliphatic carbocycles. The number of aliphatic hydroxyl groups is 1.